The van der Waals surface area contributed by atoms with Crippen molar-refractivity contribution in [2.75, 3.05) is 43.1 Å². The molecular weight excluding hydrogens is 477 g/mol. The maximum atomic E-state index is 14.6. The fraction of sp³-hybridized carbons (Fsp3) is 0.385. The van der Waals surface area contributed by atoms with Crippen molar-refractivity contribution in [3.8, 4) is 6.01 Å². The van der Waals surface area contributed by atoms with Gasteiger partial charge in [-0.05, 0) is 31.2 Å². The Kier molecular flexibility index (Phi) is 6.09. The van der Waals surface area contributed by atoms with E-state index in [2.05, 4.69) is 37.5 Å². The summed E-state index contributed by atoms with van der Waals surface area (Å²) in [6.45, 7) is 5.76. The number of carbonyl (C=O) groups is 1. The van der Waals surface area contributed by atoms with Crippen LogP contribution in [0.25, 0.3) is 21.8 Å². The summed E-state index contributed by atoms with van der Waals surface area (Å²) in [6, 6.07) is 7.19. The van der Waals surface area contributed by atoms with Crippen LogP contribution in [0.1, 0.15) is 23.7 Å². The van der Waals surface area contributed by atoms with Crippen LogP contribution in [-0.2, 0) is 11.8 Å². The van der Waals surface area contributed by atoms with Gasteiger partial charge in [0.1, 0.15) is 11.6 Å². The van der Waals surface area contributed by atoms with E-state index in [0.29, 0.717) is 41.4 Å². The predicted octanol–water partition coefficient (Wildman–Crippen LogP) is 2.87. The molecule has 4 heterocycles. The second-order valence-electron chi connectivity index (χ2n) is 9.60. The fourth-order valence-corrected chi connectivity index (χ4v) is 4.99. The number of hydrogen-bond acceptors (Lipinski definition) is 8. The summed E-state index contributed by atoms with van der Waals surface area (Å²) < 4.78 is 27.5. The van der Waals surface area contributed by atoms with Gasteiger partial charge in [0, 0.05) is 73.7 Å². The lowest BCUT2D eigenvalue weighted by Crippen LogP contribution is -2.49. The number of benzene rings is 2. The Labute approximate surface area is 212 Å². The number of amides is 1. The second-order valence-corrected chi connectivity index (χ2v) is 9.60. The number of halogens is 1. The van der Waals surface area contributed by atoms with Gasteiger partial charge in [-0.1, -0.05) is 0 Å². The molecule has 2 saturated heterocycles. The van der Waals surface area contributed by atoms with Gasteiger partial charge >= 0.3 is 6.01 Å². The quantitative estimate of drug-likeness (QED) is 0.427. The molecular formula is C26H28FN7O3. The molecule has 2 aromatic heterocycles. The van der Waals surface area contributed by atoms with Crippen LogP contribution >= 0.6 is 0 Å². The molecule has 1 amide bonds. The van der Waals surface area contributed by atoms with Crippen LogP contribution in [0.5, 0.6) is 6.01 Å². The number of carbonyl (C=O) groups excluding carboxylic acids is 1. The number of ether oxygens (including phenoxy) is 2. The van der Waals surface area contributed by atoms with E-state index in [0.717, 1.165) is 37.1 Å². The molecule has 0 saturated carbocycles. The zero-order valence-corrected chi connectivity index (χ0v) is 20.7. The van der Waals surface area contributed by atoms with E-state index in [1.54, 1.807) is 31.6 Å². The minimum absolute atomic E-state index is 0.124. The lowest BCUT2D eigenvalue weighted by Gasteiger charge is -2.34. The highest BCUT2D eigenvalue weighted by Gasteiger charge is 2.24. The van der Waals surface area contributed by atoms with Crippen LogP contribution in [0.3, 0.4) is 0 Å². The summed E-state index contributed by atoms with van der Waals surface area (Å²) in [4.78, 5) is 24.9. The molecule has 11 heteroatoms. The average molecular weight is 506 g/mol. The van der Waals surface area contributed by atoms with Gasteiger partial charge in [0.05, 0.1) is 24.3 Å². The summed E-state index contributed by atoms with van der Waals surface area (Å²) in [6.07, 6.45) is 4.06. The van der Waals surface area contributed by atoms with Gasteiger partial charge in [-0.3, -0.25) is 9.48 Å². The standard InChI is InChI=1S/C26H28FN7O3/c1-15-12-34(7-6-28-15)22-4-3-19(24-20(22)11-29-26(31-24)37-18-5-8-36-14-18)25(35)30-17-9-16-13-33(2)32-23(16)21(27)10-17/h3-4,9-11,13,15,18,28H,5-8,12,14H2,1-2H3,(H,30,35). The Balaban J connectivity index is 1.38. The van der Waals surface area contributed by atoms with Gasteiger partial charge in [-0.25, -0.2) is 9.37 Å². The Morgan fingerprint density at radius 2 is 2.19 bits per heavy atom. The first-order valence-electron chi connectivity index (χ1n) is 12.4. The van der Waals surface area contributed by atoms with E-state index in [9.17, 15) is 9.18 Å². The van der Waals surface area contributed by atoms with Gasteiger partial charge in [0.15, 0.2) is 5.82 Å². The molecule has 37 heavy (non-hydrogen) atoms. The monoisotopic (exact) mass is 505 g/mol. The molecule has 4 aromatic rings. The Hall–Kier alpha value is -3.83. The van der Waals surface area contributed by atoms with Crippen LogP contribution in [0.15, 0.2) is 36.7 Å². The highest BCUT2D eigenvalue weighted by molar-refractivity contribution is 6.14. The molecule has 2 unspecified atom stereocenters. The van der Waals surface area contributed by atoms with E-state index in [1.807, 2.05) is 6.07 Å². The minimum Gasteiger partial charge on any atom is -0.458 e. The lowest BCUT2D eigenvalue weighted by atomic mass is 10.1. The minimum atomic E-state index is -0.502. The Morgan fingerprint density at radius 1 is 1.30 bits per heavy atom. The highest BCUT2D eigenvalue weighted by Crippen LogP contribution is 2.31. The predicted molar refractivity (Wildman–Crippen MR) is 138 cm³/mol. The zero-order chi connectivity index (χ0) is 25.5. The number of hydrogen-bond donors (Lipinski definition) is 2. The van der Waals surface area contributed by atoms with E-state index < -0.39 is 11.7 Å². The van der Waals surface area contributed by atoms with Gasteiger partial charge in [0.2, 0.25) is 0 Å². The number of aromatic nitrogens is 4. The van der Waals surface area contributed by atoms with Crippen molar-refractivity contribution in [3.63, 3.8) is 0 Å². The average Bonchev–Trinajstić information content (AvgIpc) is 3.52. The molecule has 2 fully saturated rings. The largest absolute Gasteiger partial charge is 0.458 e. The SMILES string of the molecule is CC1CN(c2ccc(C(=O)Nc3cc(F)c4nn(C)cc4c3)c3nc(OC4CCOC4)ncc23)CCN1. The van der Waals surface area contributed by atoms with Gasteiger partial charge in [0.25, 0.3) is 5.91 Å². The van der Waals surface area contributed by atoms with Crippen molar-refractivity contribution in [2.45, 2.75) is 25.5 Å². The third-order valence-corrected chi connectivity index (χ3v) is 6.75. The normalized spacial score (nSPS) is 20.0. The first-order valence-corrected chi connectivity index (χ1v) is 12.4. The first kappa shape index (κ1) is 23.6. The van der Waals surface area contributed by atoms with Gasteiger partial charge < -0.3 is 25.0 Å². The zero-order valence-electron chi connectivity index (χ0n) is 20.7. The topological polar surface area (TPSA) is 106 Å². The Bertz CT molecular complexity index is 1480. The van der Waals surface area contributed by atoms with Crippen LogP contribution in [0.2, 0.25) is 0 Å². The van der Waals surface area contributed by atoms with E-state index in [4.69, 9.17) is 9.47 Å². The molecule has 6 rings (SSSR count). The molecule has 2 aliphatic rings. The summed E-state index contributed by atoms with van der Waals surface area (Å²) in [5.74, 6) is -0.903. The van der Waals surface area contributed by atoms with E-state index in [1.165, 1.54) is 10.7 Å². The summed E-state index contributed by atoms with van der Waals surface area (Å²) >= 11 is 0. The molecule has 2 aromatic carbocycles. The lowest BCUT2D eigenvalue weighted by molar-refractivity contribution is 0.102. The third-order valence-electron chi connectivity index (χ3n) is 6.75. The first-order chi connectivity index (χ1) is 17.9. The molecule has 0 aliphatic carbocycles. The molecule has 192 valence electrons. The van der Waals surface area contributed by atoms with Gasteiger partial charge in [-0.2, -0.15) is 10.1 Å². The fourth-order valence-electron chi connectivity index (χ4n) is 4.99. The van der Waals surface area contributed by atoms with Crippen LogP contribution in [-0.4, -0.2) is 70.6 Å². The van der Waals surface area contributed by atoms with Crippen molar-refractivity contribution in [3.05, 3.63) is 48.0 Å². The van der Waals surface area contributed by atoms with E-state index >= 15 is 0 Å². The number of rotatable bonds is 5. The van der Waals surface area contributed by atoms with Crippen LogP contribution in [0, 0.1) is 5.82 Å². The summed E-state index contributed by atoms with van der Waals surface area (Å²) in [5.41, 5.74) is 2.38. The number of nitrogens with one attached hydrogen (secondary N) is 2. The maximum Gasteiger partial charge on any atom is 0.317 e. The van der Waals surface area contributed by atoms with Crippen molar-refractivity contribution >= 4 is 39.1 Å². The van der Waals surface area contributed by atoms with Crippen molar-refractivity contribution < 1.29 is 18.7 Å². The van der Waals surface area contributed by atoms with Crippen molar-refractivity contribution in [1.29, 1.82) is 0 Å². The van der Waals surface area contributed by atoms with E-state index in [-0.39, 0.29) is 17.6 Å². The molecule has 2 atom stereocenters. The maximum absolute atomic E-state index is 14.6. The molecule has 0 bridgehead atoms. The molecule has 10 nitrogen and oxygen atoms in total. The smallest absolute Gasteiger partial charge is 0.317 e. The summed E-state index contributed by atoms with van der Waals surface area (Å²) in [5, 5.41) is 11.8. The third kappa shape index (κ3) is 4.67. The molecule has 2 N–H and O–H groups in total. The highest BCUT2D eigenvalue weighted by atomic mass is 19.1. The number of anilines is 2. The second kappa shape index (κ2) is 9.56. The summed E-state index contributed by atoms with van der Waals surface area (Å²) in [7, 11) is 1.72. The number of piperazine rings is 1. The van der Waals surface area contributed by atoms with Crippen molar-refractivity contribution in [2.24, 2.45) is 7.05 Å². The number of fused-ring (bicyclic) bond motifs is 2. The Morgan fingerprint density at radius 3 is 3.00 bits per heavy atom. The number of aryl methyl sites for hydroxylation is 1. The molecule has 0 spiro atoms. The van der Waals surface area contributed by atoms with Crippen LogP contribution < -0.4 is 20.3 Å². The van der Waals surface area contributed by atoms with Gasteiger partial charge in [-0.15, -0.1) is 0 Å². The van der Waals surface area contributed by atoms with Crippen LogP contribution in [0.4, 0.5) is 15.8 Å². The number of nitrogens with zero attached hydrogens (tertiary/aromatic N) is 5. The van der Waals surface area contributed by atoms with Crippen molar-refractivity contribution in [1.82, 2.24) is 25.1 Å². The molecule has 2 aliphatic heterocycles. The molecule has 0 radical (unpaired) electrons.